The zero-order valence-electron chi connectivity index (χ0n) is 30.0. The van der Waals surface area contributed by atoms with Crippen LogP contribution in [-0.2, 0) is 35.7 Å². The van der Waals surface area contributed by atoms with Crippen molar-refractivity contribution in [2.45, 2.75) is 123 Å². The number of likely N-dealkylation sites (tertiary alicyclic amines) is 1. The molecule has 5 atom stereocenters. The summed E-state index contributed by atoms with van der Waals surface area (Å²) in [5, 5.41) is 10.3. The van der Waals surface area contributed by atoms with Gasteiger partial charge < -0.3 is 26.6 Å². The number of primary amides is 1. The molecule has 2 fully saturated rings. The lowest BCUT2D eigenvalue weighted by Gasteiger charge is -2.38. The number of hydrogen-bond donors (Lipinski definition) is 4. The number of Topliss-reactive ketones (excluding diaryl/α,β-unsaturated/α-hetero) is 1. The number of nitrogens with one attached hydrogen (secondary N) is 3. The van der Waals surface area contributed by atoms with E-state index in [1.807, 2.05) is 55.4 Å². The number of thiophene rings is 1. The summed E-state index contributed by atoms with van der Waals surface area (Å²) in [6.45, 7) is 15.8. The summed E-state index contributed by atoms with van der Waals surface area (Å²) in [6, 6.07) is -2.66. The summed E-state index contributed by atoms with van der Waals surface area (Å²) < 4.78 is 27.7. The molecule has 3 heterocycles. The first-order chi connectivity index (χ1) is 22.6. The Morgan fingerprint density at radius 3 is 2.16 bits per heavy atom. The van der Waals surface area contributed by atoms with Crippen molar-refractivity contribution >= 4 is 50.9 Å². The molecule has 13 nitrogen and oxygen atoms in total. The smallest absolute Gasteiger partial charge is 0.315 e. The maximum Gasteiger partial charge on any atom is 0.315 e. The van der Waals surface area contributed by atoms with Crippen molar-refractivity contribution in [3.8, 4) is 0 Å². The van der Waals surface area contributed by atoms with Gasteiger partial charge in [0.25, 0.3) is 5.91 Å². The number of carbonyl (C=O) groups is 5. The molecule has 15 heteroatoms. The molecule has 4 rings (SSSR count). The molecule has 274 valence electrons. The first-order valence-electron chi connectivity index (χ1n) is 17.2. The van der Waals surface area contributed by atoms with E-state index in [0.29, 0.717) is 17.7 Å². The fraction of sp³-hybridized carbons (Fsp3) is 0.735. The van der Waals surface area contributed by atoms with Gasteiger partial charge in [0.05, 0.1) is 10.9 Å². The number of ketones is 1. The molecule has 5 N–H and O–H groups in total. The molecule has 49 heavy (non-hydrogen) atoms. The Balaban J connectivity index is 1.52. The molecule has 0 bridgehead atoms. The highest BCUT2D eigenvalue weighted by Crippen LogP contribution is 2.36. The lowest BCUT2D eigenvalue weighted by Crippen LogP contribution is -2.62. The van der Waals surface area contributed by atoms with Gasteiger partial charge in [0, 0.05) is 30.6 Å². The van der Waals surface area contributed by atoms with Crippen molar-refractivity contribution in [1.29, 1.82) is 0 Å². The normalized spacial score (nSPS) is 22.9. The van der Waals surface area contributed by atoms with E-state index in [1.165, 1.54) is 20.5 Å². The van der Waals surface area contributed by atoms with Crippen molar-refractivity contribution in [3.63, 3.8) is 0 Å². The zero-order chi connectivity index (χ0) is 36.6. The molecule has 0 radical (unpaired) electrons. The third kappa shape index (κ3) is 8.83. The third-order valence-electron chi connectivity index (χ3n) is 10.3. The highest BCUT2D eigenvalue weighted by atomic mass is 32.2. The van der Waals surface area contributed by atoms with Gasteiger partial charge in [-0.05, 0) is 52.9 Å². The largest absolute Gasteiger partial charge is 0.363 e. The second kappa shape index (κ2) is 14.7. The molecule has 3 aliphatic rings. The summed E-state index contributed by atoms with van der Waals surface area (Å²) in [5.74, 6) is -2.59. The van der Waals surface area contributed by atoms with Crippen LogP contribution in [-0.4, -0.2) is 84.4 Å². The van der Waals surface area contributed by atoms with Gasteiger partial charge in [-0.3, -0.25) is 19.2 Å². The summed E-state index contributed by atoms with van der Waals surface area (Å²) in [4.78, 5) is 69.0. The highest BCUT2D eigenvalue weighted by molar-refractivity contribution is 7.89. The van der Waals surface area contributed by atoms with Gasteiger partial charge in [0.15, 0.2) is 0 Å². The number of nitrogens with zero attached hydrogens (tertiary/aromatic N) is 2. The SMILES string of the molecule is CC(C)[C@@H]1C[C@@H](C(=O)NC(CC2CCC2)C(=O)C(N)=O)N(C(=O)[C@@H](NC(=O)N[C@H](CN2Cc3sccc3S2(=O)=O)C(C)(C)C)C(C)(C)C)C1. The Bertz CT molecular complexity index is 1540. The van der Waals surface area contributed by atoms with Crippen LogP contribution in [0, 0.1) is 28.6 Å². The summed E-state index contributed by atoms with van der Waals surface area (Å²) in [7, 11) is -3.69. The van der Waals surface area contributed by atoms with Crippen LogP contribution in [0.4, 0.5) is 4.79 Å². The van der Waals surface area contributed by atoms with Crippen LogP contribution in [0.1, 0.15) is 92.4 Å². The van der Waals surface area contributed by atoms with Crippen molar-refractivity contribution in [3.05, 3.63) is 16.3 Å². The number of amides is 5. The molecule has 1 aliphatic carbocycles. The molecule has 1 unspecified atom stereocenters. The summed E-state index contributed by atoms with van der Waals surface area (Å²) >= 11 is 1.38. The number of carbonyl (C=O) groups excluding carboxylic acids is 5. The number of sulfonamides is 1. The molecule has 5 amide bonds. The van der Waals surface area contributed by atoms with Crippen LogP contribution >= 0.6 is 11.3 Å². The maximum absolute atomic E-state index is 14.4. The van der Waals surface area contributed by atoms with Gasteiger partial charge in [0.1, 0.15) is 12.1 Å². The first kappa shape index (κ1) is 38.8. The minimum Gasteiger partial charge on any atom is -0.363 e. The van der Waals surface area contributed by atoms with E-state index < -0.39 is 74.6 Å². The van der Waals surface area contributed by atoms with Gasteiger partial charge in [0.2, 0.25) is 27.6 Å². The van der Waals surface area contributed by atoms with Crippen LogP contribution in [0.3, 0.4) is 0 Å². The Morgan fingerprint density at radius 2 is 1.65 bits per heavy atom. The standard InChI is InChI=1S/C34H54N6O7S2/c1-19(2)21-15-23(30(43)36-22(27(41)29(35)42)14-20-10-9-11-20)40(16-21)31(44)28(34(6,7)8)38-32(45)37-26(33(3,4)5)18-39-17-24-25(12-13-48-24)49(39,46)47/h12-13,19-23,26,28H,9-11,14-18H2,1-8H3,(H2,35,42)(H,36,43)(H2,37,38,45)/t21-,22?,23+,26-,28-/m1/s1. The van der Waals surface area contributed by atoms with Crippen LogP contribution in [0.2, 0.25) is 0 Å². The number of nitrogens with two attached hydrogens (primary N) is 1. The molecule has 2 aliphatic heterocycles. The Labute approximate surface area is 294 Å². The quantitative estimate of drug-likeness (QED) is 0.239. The predicted molar refractivity (Wildman–Crippen MR) is 187 cm³/mol. The van der Waals surface area contributed by atoms with Gasteiger partial charge in [-0.25, -0.2) is 13.2 Å². The second-order valence-electron chi connectivity index (χ2n) is 16.4. The fourth-order valence-corrected chi connectivity index (χ4v) is 9.61. The zero-order valence-corrected chi connectivity index (χ0v) is 31.6. The van der Waals surface area contributed by atoms with Gasteiger partial charge in [-0.1, -0.05) is 74.7 Å². The van der Waals surface area contributed by atoms with Crippen LogP contribution < -0.4 is 21.7 Å². The summed E-state index contributed by atoms with van der Waals surface area (Å²) in [6.07, 6.45) is 3.51. The molecular weight excluding hydrogens is 669 g/mol. The monoisotopic (exact) mass is 722 g/mol. The van der Waals surface area contributed by atoms with E-state index >= 15 is 0 Å². The Morgan fingerprint density at radius 1 is 1.00 bits per heavy atom. The van der Waals surface area contributed by atoms with Crippen LogP contribution in [0.15, 0.2) is 16.3 Å². The number of urea groups is 1. The minimum atomic E-state index is -3.69. The van der Waals surface area contributed by atoms with Crippen molar-refractivity contribution in [2.75, 3.05) is 13.1 Å². The summed E-state index contributed by atoms with van der Waals surface area (Å²) in [5.41, 5.74) is 4.01. The predicted octanol–water partition coefficient (Wildman–Crippen LogP) is 2.98. The Kier molecular flexibility index (Phi) is 11.6. The lowest BCUT2D eigenvalue weighted by molar-refractivity contribution is -0.143. The van der Waals surface area contributed by atoms with Crippen LogP contribution in [0.5, 0.6) is 0 Å². The van der Waals surface area contributed by atoms with E-state index in [-0.39, 0.29) is 37.4 Å². The van der Waals surface area contributed by atoms with Gasteiger partial charge in [-0.2, -0.15) is 4.31 Å². The van der Waals surface area contributed by atoms with Crippen molar-refractivity contribution < 1.29 is 32.4 Å². The molecule has 0 spiro atoms. The fourth-order valence-electron chi connectivity index (χ4n) is 6.68. The third-order valence-corrected chi connectivity index (χ3v) is 13.2. The second-order valence-corrected chi connectivity index (χ2v) is 19.3. The van der Waals surface area contributed by atoms with E-state index in [2.05, 4.69) is 16.0 Å². The number of fused-ring (bicyclic) bond motifs is 1. The Hall–Kier alpha value is -3.04. The molecule has 1 aromatic heterocycles. The maximum atomic E-state index is 14.4. The van der Waals surface area contributed by atoms with E-state index in [1.54, 1.807) is 11.4 Å². The van der Waals surface area contributed by atoms with Crippen molar-refractivity contribution in [2.24, 2.45) is 34.3 Å². The molecule has 1 saturated heterocycles. The molecule has 1 saturated carbocycles. The van der Waals surface area contributed by atoms with E-state index in [0.717, 1.165) is 24.1 Å². The lowest BCUT2D eigenvalue weighted by atomic mass is 9.80. The first-order valence-corrected chi connectivity index (χ1v) is 19.5. The topological polar surface area (TPSA) is 188 Å². The average Bonchev–Trinajstić information content (AvgIpc) is 3.67. The number of hydrogen-bond acceptors (Lipinski definition) is 8. The molecular formula is C34H54N6O7S2. The number of rotatable bonds is 12. The molecule has 0 aromatic carbocycles. The highest BCUT2D eigenvalue weighted by Gasteiger charge is 2.47. The molecule has 1 aromatic rings. The average molecular weight is 723 g/mol. The minimum absolute atomic E-state index is 0.0120. The van der Waals surface area contributed by atoms with Crippen LogP contribution in [0.25, 0.3) is 0 Å². The van der Waals surface area contributed by atoms with Crippen molar-refractivity contribution in [1.82, 2.24) is 25.2 Å². The van der Waals surface area contributed by atoms with E-state index in [9.17, 15) is 32.4 Å². The van der Waals surface area contributed by atoms with Gasteiger partial charge in [-0.15, -0.1) is 11.3 Å². The van der Waals surface area contributed by atoms with E-state index in [4.69, 9.17) is 5.73 Å². The van der Waals surface area contributed by atoms with Gasteiger partial charge >= 0.3 is 6.03 Å².